The number of nitrogens with zero attached hydrogens (tertiary/aromatic N) is 1. The van der Waals surface area contributed by atoms with Crippen LogP contribution in [0.25, 0.3) is 0 Å². The maximum Gasteiger partial charge on any atom is 0.0758 e. The van der Waals surface area contributed by atoms with E-state index < -0.39 is 0 Å². The van der Waals surface area contributed by atoms with E-state index in [1.165, 1.54) is 49.8 Å². The first-order valence-corrected chi connectivity index (χ1v) is 8.55. The molecule has 0 saturated heterocycles. The van der Waals surface area contributed by atoms with Crippen molar-refractivity contribution in [3.05, 3.63) is 29.6 Å². The van der Waals surface area contributed by atoms with Gasteiger partial charge in [0, 0.05) is 31.0 Å². The Kier molecular flexibility index (Phi) is 4.91. The van der Waals surface area contributed by atoms with Gasteiger partial charge in [-0.15, -0.1) is 0 Å². The van der Waals surface area contributed by atoms with E-state index in [0.717, 1.165) is 12.5 Å². The zero-order valence-electron chi connectivity index (χ0n) is 13.3. The van der Waals surface area contributed by atoms with Crippen molar-refractivity contribution < 1.29 is 4.74 Å². The molecule has 2 aliphatic carbocycles. The standard InChI is InChI=1S/C18H28N2O/c1-3-11-19-17(18(21-2)14-9-10-14)15-8-4-6-13-7-5-12-20-16(13)15/h5,7,12,14-15,17-19H,3-4,6,8-11H2,1-2H3. The first-order chi connectivity index (χ1) is 10.3. The molecule has 1 aromatic rings. The summed E-state index contributed by atoms with van der Waals surface area (Å²) in [6.07, 6.45) is 9.80. The quantitative estimate of drug-likeness (QED) is 0.836. The highest BCUT2D eigenvalue weighted by Crippen LogP contribution is 2.41. The SMILES string of the molecule is CCCNC(C1CCCc2cccnc21)C(OC)C1CC1. The summed E-state index contributed by atoms with van der Waals surface area (Å²) in [5.74, 6) is 1.26. The molecule has 2 aliphatic rings. The molecule has 3 heteroatoms. The Balaban J connectivity index is 1.85. The zero-order chi connectivity index (χ0) is 14.7. The molecule has 1 heterocycles. The summed E-state index contributed by atoms with van der Waals surface area (Å²) >= 11 is 0. The van der Waals surface area contributed by atoms with Gasteiger partial charge < -0.3 is 10.1 Å². The van der Waals surface area contributed by atoms with Crippen LogP contribution < -0.4 is 5.32 Å². The van der Waals surface area contributed by atoms with Crippen molar-refractivity contribution in [2.75, 3.05) is 13.7 Å². The topological polar surface area (TPSA) is 34.2 Å². The molecule has 1 aromatic heterocycles. The Morgan fingerprint density at radius 2 is 2.24 bits per heavy atom. The summed E-state index contributed by atoms with van der Waals surface area (Å²) in [5, 5.41) is 3.79. The predicted molar refractivity (Wildman–Crippen MR) is 85.5 cm³/mol. The Hall–Kier alpha value is -0.930. The van der Waals surface area contributed by atoms with Crippen molar-refractivity contribution in [1.82, 2.24) is 10.3 Å². The van der Waals surface area contributed by atoms with Crippen molar-refractivity contribution in [3.63, 3.8) is 0 Å². The van der Waals surface area contributed by atoms with Gasteiger partial charge in [-0.2, -0.15) is 0 Å². The van der Waals surface area contributed by atoms with Crippen LogP contribution >= 0.6 is 0 Å². The van der Waals surface area contributed by atoms with E-state index in [-0.39, 0.29) is 0 Å². The van der Waals surface area contributed by atoms with Gasteiger partial charge in [0.15, 0.2) is 0 Å². The largest absolute Gasteiger partial charge is 0.380 e. The van der Waals surface area contributed by atoms with Gasteiger partial charge in [-0.3, -0.25) is 4.98 Å². The number of aromatic nitrogens is 1. The van der Waals surface area contributed by atoms with Gasteiger partial charge in [-0.25, -0.2) is 0 Å². The number of hydrogen-bond acceptors (Lipinski definition) is 3. The molecular weight excluding hydrogens is 260 g/mol. The number of nitrogens with one attached hydrogen (secondary N) is 1. The summed E-state index contributed by atoms with van der Waals surface area (Å²) in [7, 11) is 1.88. The van der Waals surface area contributed by atoms with Crippen molar-refractivity contribution in [1.29, 1.82) is 0 Å². The van der Waals surface area contributed by atoms with Gasteiger partial charge >= 0.3 is 0 Å². The number of hydrogen-bond donors (Lipinski definition) is 1. The fraction of sp³-hybridized carbons (Fsp3) is 0.722. The highest BCUT2D eigenvalue weighted by Gasteiger charge is 2.41. The number of fused-ring (bicyclic) bond motifs is 1. The minimum atomic E-state index is 0.342. The fourth-order valence-electron chi connectivity index (χ4n) is 3.85. The zero-order valence-corrected chi connectivity index (χ0v) is 13.3. The monoisotopic (exact) mass is 288 g/mol. The Morgan fingerprint density at radius 3 is 2.95 bits per heavy atom. The third kappa shape index (κ3) is 3.29. The molecular formula is C18H28N2O. The average molecular weight is 288 g/mol. The van der Waals surface area contributed by atoms with Gasteiger partial charge in [-0.05, 0) is 62.6 Å². The van der Waals surface area contributed by atoms with E-state index >= 15 is 0 Å². The number of ether oxygens (including phenoxy) is 1. The molecule has 3 atom stereocenters. The van der Waals surface area contributed by atoms with Crippen LogP contribution in [0.1, 0.15) is 56.2 Å². The van der Waals surface area contributed by atoms with Crippen LogP contribution in [0.5, 0.6) is 0 Å². The van der Waals surface area contributed by atoms with E-state index in [0.29, 0.717) is 18.1 Å². The summed E-state index contributed by atoms with van der Waals surface area (Å²) in [6, 6.07) is 4.74. The second-order valence-electron chi connectivity index (χ2n) is 6.56. The van der Waals surface area contributed by atoms with E-state index in [9.17, 15) is 0 Å². The second-order valence-corrected chi connectivity index (χ2v) is 6.56. The Bertz CT molecular complexity index is 458. The first kappa shape index (κ1) is 15.0. The molecule has 21 heavy (non-hydrogen) atoms. The van der Waals surface area contributed by atoms with Crippen LogP contribution in [0.2, 0.25) is 0 Å². The lowest BCUT2D eigenvalue weighted by Gasteiger charge is -2.36. The Morgan fingerprint density at radius 1 is 1.38 bits per heavy atom. The van der Waals surface area contributed by atoms with Crippen molar-refractivity contribution in [2.45, 2.75) is 63.5 Å². The molecule has 0 aliphatic heterocycles. The van der Waals surface area contributed by atoms with Gasteiger partial charge in [0.2, 0.25) is 0 Å². The summed E-state index contributed by atoms with van der Waals surface area (Å²) in [5.41, 5.74) is 2.77. The number of methoxy groups -OCH3 is 1. The van der Waals surface area contributed by atoms with Crippen LogP contribution in [-0.4, -0.2) is 30.8 Å². The van der Waals surface area contributed by atoms with Crippen molar-refractivity contribution in [3.8, 4) is 0 Å². The van der Waals surface area contributed by atoms with Gasteiger partial charge in [0.25, 0.3) is 0 Å². The molecule has 0 spiro atoms. The van der Waals surface area contributed by atoms with Crippen LogP contribution in [-0.2, 0) is 11.2 Å². The Labute approximate surface area is 128 Å². The number of rotatable bonds is 7. The molecule has 1 saturated carbocycles. The molecule has 0 amide bonds. The van der Waals surface area contributed by atoms with Crippen molar-refractivity contribution >= 4 is 0 Å². The second kappa shape index (κ2) is 6.89. The predicted octanol–water partition coefficient (Wildman–Crippen LogP) is 3.29. The summed E-state index contributed by atoms with van der Waals surface area (Å²) in [4.78, 5) is 4.73. The van der Waals surface area contributed by atoms with Gasteiger partial charge in [0.1, 0.15) is 0 Å². The first-order valence-electron chi connectivity index (χ1n) is 8.55. The van der Waals surface area contributed by atoms with E-state index in [1.807, 2.05) is 13.3 Å². The smallest absolute Gasteiger partial charge is 0.0758 e. The van der Waals surface area contributed by atoms with Crippen LogP contribution in [0, 0.1) is 5.92 Å². The third-order valence-electron chi connectivity index (χ3n) is 5.01. The molecule has 116 valence electrons. The molecule has 0 radical (unpaired) electrons. The molecule has 3 rings (SSSR count). The van der Waals surface area contributed by atoms with E-state index in [1.54, 1.807) is 0 Å². The van der Waals surface area contributed by atoms with Crippen LogP contribution in [0.4, 0.5) is 0 Å². The normalized spacial score (nSPS) is 24.4. The highest BCUT2D eigenvalue weighted by molar-refractivity contribution is 5.28. The summed E-state index contributed by atoms with van der Waals surface area (Å²) < 4.78 is 5.91. The molecule has 1 fully saturated rings. The lowest BCUT2D eigenvalue weighted by atomic mass is 9.79. The van der Waals surface area contributed by atoms with Crippen LogP contribution in [0.3, 0.4) is 0 Å². The molecule has 3 unspecified atom stereocenters. The maximum absolute atomic E-state index is 5.91. The number of pyridine rings is 1. The minimum absolute atomic E-state index is 0.342. The molecule has 0 aromatic carbocycles. The average Bonchev–Trinajstić information content (AvgIpc) is 3.36. The number of aryl methyl sites for hydroxylation is 1. The highest BCUT2D eigenvalue weighted by atomic mass is 16.5. The fourth-order valence-corrected chi connectivity index (χ4v) is 3.85. The summed E-state index contributed by atoms with van der Waals surface area (Å²) in [6.45, 7) is 3.30. The van der Waals surface area contributed by atoms with E-state index in [4.69, 9.17) is 9.72 Å². The van der Waals surface area contributed by atoms with E-state index in [2.05, 4.69) is 24.4 Å². The maximum atomic E-state index is 5.91. The molecule has 1 N–H and O–H groups in total. The molecule has 0 bridgehead atoms. The molecule has 3 nitrogen and oxygen atoms in total. The van der Waals surface area contributed by atoms with Crippen molar-refractivity contribution in [2.24, 2.45) is 5.92 Å². The minimum Gasteiger partial charge on any atom is -0.380 e. The third-order valence-corrected chi connectivity index (χ3v) is 5.01. The lowest BCUT2D eigenvalue weighted by Crippen LogP contribution is -2.47. The lowest BCUT2D eigenvalue weighted by molar-refractivity contribution is 0.0395. The van der Waals surface area contributed by atoms with Crippen LogP contribution in [0.15, 0.2) is 18.3 Å². The van der Waals surface area contributed by atoms with Gasteiger partial charge in [0.05, 0.1) is 6.10 Å². The van der Waals surface area contributed by atoms with Gasteiger partial charge in [-0.1, -0.05) is 13.0 Å².